The summed E-state index contributed by atoms with van der Waals surface area (Å²) in [7, 11) is 1.24. The molecule has 1 rings (SSSR count). The monoisotopic (exact) mass is 258 g/mol. The summed E-state index contributed by atoms with van der Waals surface area (Å²) in [6, 6.07) is -1.46. The van der Waals surface area contributed by atoms with Gasteiger partial charge in [0.1, 0.15) is 6.04 Å². The van der Waals surface area contributed by atoms with E-state index in [1.807, 2.05) is 0 Å². The first-order valence-corrected chi connectivity index (χ1v) is 5.82. The summed E-state index contributed by atoms with van der Waals surface area (Å²) in [6.07, 6.45) is 1.38. The molecule has 0 aliphatic carbocycles. The Bertz CT molecular complexity index is 344. The molecule has 1 heterocycles. The number of nitrogens with zero attached hydrogens (tertiary/aromatic N) is 1. The summed E-state index contributed by atoms with van der Waals surface area (Å²) < 4.78 is 4.50. The minimum Gasteiger partial charge on any atom is -0.481 e. The standard InChI is InChI=1S/C11H18N2O5/c1-7(10(16)18-2)12-11(17)13-5-3-4-8(13)6-9(14)15/h7-8H,3-6H2,1-2H3,(H,12,17)(H,14,15). The quantitative estimate of drug-likeness (QED) is 0.702. The maximum absolute atomic E-state index is 11.9. The summed E-state index contributed by atoms with van der Waals surface area (Å²) in [4.78, 5) is 35.2. The molecule has 0 aromatic rings. The van der Waals surface area contributed by atoms with Gasteiger partial charge in [-0.3, -0.25) is 4.79 Å². The van der Waals surface area contributed by atoms with Crippen molar-refractivity contribution in [3.8, 4) is 0 Å². The number of carboxylic acid groups (broad SMARTS) is 1. The Kier molecular flexibility index (Phi) is 4.94. The Balaban J connectivity index is 2.55. The van der Waals surface area contributed by atoms with Gasteiger partial charge in [-0.05, 0) is 19.8 Å². The van der Waals surface area contributed by atoms with E-state index in [-0.39, 0.29) is 12.5 Å². The topological polar surface area (TPSA) is 95.9 Å². The fourth-order valence-electron chi connectivity index (χ4n) is 2.02. The van der Waals surface area contributed by atoms with E-state index in [0.29, 0.717) is 13.0 Å². The molecule has 0 radical (unpaired) electrons. The highest BCUT2D eigenvalue weighted by Gasteiger charge is 2.31. The van der Waals surface area contributed by atoms with E-state index in [1.165, 1.54) is 18.9 Å². The molecule has 0 saturated carbocycles. The number of carbonyl (C=O) groups excluding carboxylic acids is 2. The second-order valence-electron chi connectivity index (χ2n) is 4.28. The minimum absolute atomic E-state index is 0.0694. The number of esters is 1. The molecule has 0 aromatic heterocycles. The van der Waals surface area contributed by atoms with Gasteiger partial charge in [-0.1, -0.05) is 0 Å². The molecule has 1 aliphatic heterocycles. The van der Waals surface area contributed by atoms with Crippen LogP contribution < -0.4 is 5.32 Å². The minimum atomic E-state index is -0.930. The van der Waals surface area contributed by atoms with Crippen molar-refractivity contribution < 1.29 is 24.2 Å². The smallest absolute Gasteiger partial charge is 0.328 e. The molecular formula is C11H18N2O5. The molecular weight excluding hydrogens is 240 g/mol. The van der Waals surface area contributed by atoms with Gasteiger partial charge in [-0.15, -0.1) is 0 Å². The van der Waals surface area contributed by atoms with E-state index < -0.39 is 24.0 Å². The first kappa shape index (κ1) is 14.3. The Hall–Kier alpha value is -1.79. The van der Waals surface area contributed by atoms with Crippen LogP contribution in [0.4, 0.5) is 4.79 Å². The van der Waals surface area contributed by atoms with Gasteiger partial charge in [0, 0.05) is 12.6 Å². The largest absolute Gasteiger partial charge is 0.481 e. The number of hydrogen-bond acceptors (Lipinski definition) is 4. The fourth-order valence-corrected chi connectivity index (χ4v) is 2.02. The Morgan fingerprint density at radius 1 is 1.50 bits per heavy atom. The maximum Gasteiger partial charge on any atom is 0.328 e. The maximum atomic E-state index is 11.9. The highest BCUT2D eigenvalue weighted by atomic mass is 16.5. The van der Waals surface area contributed by atoms with E-state index in [9.17, 15) is 14.4 Å². The van der Waals surface area contributed by atoms with Crippen molar-refractivity contribution in [1.29, 1.82) is 0 Å². The van der Waals surface area contributed by atoms with Crippen LogP contribution in [0.2, 0.25) is 0 Å². The zero-order valence-corrected chi connectivity index (χ0v) is 10.5. The van der Waals surface area contributed by atoms with E-state index >= 15 is 0 Å². The van der Waals surface area contributed by atoms with Crippen LogP contribution in [0.1, 0.15) is 26.2 Å². The van der Waals surface area contributed by atoms with E-state index in [0.717, 1.165) is 6.42 Å². The van der Waals surface area contributed by atoms with Gasteiger partial charge in [0.25, 0.3) is 0 Å². The van der Waals surface area contributed by atoms with Crippen molar-refractivity contribution in [2.75, 3.05) is 13.7 Å². The van der Waals surface area contributed by atoms with Crippen LogP contribution in [0, 0.1) is 0 Å². The number of methoxy groups -OCH3 is 1. The van der Waals surface area contributed by atoms with Crippen LogP contribution in [-0.4, -0.2) is 53.7 Å². The SMILES string of the molecule is COC(=O)C(C)NC(=O)N1CCCC1CC(=O)O. The number of rotatable bonds is 4. The van der Waals surface area contributed by atoms with Crippen molar-refractivity contribution in [1.82, 2.24) is 10.2 Å². The van der Waals surface area contributed by atoms with Crippen LogP contribution in [0.15, 0.2) is 0 Å². The number of likely N-dealkylation sites (tertiary alicyclic amines) is 1. The van der Waals surface area contributed by atoms with Crippen LogP contribution in [0.25, 0.3) is 0 Å². The van der Waals surface area contributed by atoms with Crippen LogP contribution in [-0.2, 0) is 14.3 Å². The first-order valence-electron chi connectivity index (χ1n) is 5.82. The molecule has 0 bridgehead atoms. The zero-order valence-electron chi connectivity index (χ0n) is 10.5. The van der Waals surface area contributed by atoms with Crippen molar-refractivity contribution >= 4 is 18.0 Å². The summed E-state index contributed by atoms with van der Waals surface area (Å²) in [6.45, 7) is 2.03. The van der Waals surface area contributed by atoms with Crippen molar-refractivity contribution in [3.63, 3.8) is 0 Å². The summed E-state index contributed by atoms with van der Waals surface area (Å²) >= 11 is 0. The molecule has 2 atom stereocenters. The Morgan fingerprint density at radius 2 is 2.17 bits per heavy atom. The van der Waals surface area contributed by atoms with E-state index in [2.05, 4.69) is 10.1 Å². The van der Waals surface area contributed by atoms with Gasteiger partial charge in [-0.25, -0.2) is 9.59 Å². The number of urea groups is 1. The van der Waals surface area contributed by atoms with Crippen molar-refractivity contribution in [2.45, 2.75) is 38.3 Å². The van der Waals surface area contributed by atoms with Gasteiger partial charge >= 0.3 is 18.0 Å². The molecule has 18 heavy (non-hydrogen) atoms. The lowest BCUT2D eigenvalue weighted by molar-refractivity contribution is -0.142. The lowest BCUT2D eigenvalue weighted by atomic mass is 10.1. The number of carboxylic acids is 1. The van der Waals surface area contributed by atoms with Crippen molar-refractivity contribution in [3.05, 3.63) is 0 Å². The van der Waals surface area contributed by atoms with Gasteiger partial charge in [0.05, 0.1) is 13.5 Å². The second kappa shape index (κ2) is 6.23. The fraction of sp³-hybridized carbons (Fsp3) is 0.727. The predicted octanol–water partition coefficient (Wildman–Crippen LogP) is 0.197. The average Bonchev–Trinajstić information content (AvgIpc) is 2.74. The highest BCUT2D eigenvalue weighted by Crippen LogP contribution is 2.20. The molecule has 0 spiro atoms. The molecule has 2 amide bonds. The summed E-state index contributed by atoms with van der Waals surface area (Å²) in [5.41, 5.74) is 0. The molecule has 2 N–H and O–H groups in total. The van der Waals surface area contributed by atoms with Gasteiger partial charge < -0.3 is 20.1 Å². The number of hydrogen-bond donors (Lipinski definition) is 2. The number of aliphatic carboxylic acids is 1. The van der Waals surface area contributed by atoms with Gasteiger partial charge in [-0.2, -0.15) is 0 Å². The molecule has 1 saturated heterocycles. The highest BCUT2D eigenvalue weighted by molar-refractivity contribution is 5.83. The normalized spacial score (nSPS) is 20.3. The van der Waals surface area contributed by atoms with Crippen LogP contribution >= 0.6 is 0 Å². The molecule has 0 aromatic carbocycles. The van der Waals surface area contributed by atoms with E-state index in [4.69, 9.17) is 5.11 Å². The number of amides is 2. The summed E-state index contributed by atoms with van der Waals surface area (Å²) in [5.74, 6) is -1.46. The molecule has 7 nitrogen and oxygen atoms in total. The Morgan fingerprint density at radius 3 is 2.72 bits per heavy atom. The number of ether oxygens (including phenoxy) is 1. The lowest BCUT2D eigenvalue weighted by Gasteiger charge is -2.25. The van der Waals surface area contributed by atoms with Gasteiger partial charge in [0.2, 0.25) is 0 Å². The number of carbonyl (C=O) groups is 3. The first-order chi connectivity index (χ1) is 8.45. The molecule has 1 fully saturated rings. The molecule has 1 aliphatic rings. The number of nitrogens with one attached hydrogen (secondary N) is 1. The lowest BCUT2D eigenvalue weighted by Crippen LogP contribution is -2.49. The molecule has 2 unspecified atom stereocenters. The molecule has 102 valence electrons. The molecule has 7 heteroatoms. The van der Waals surface area contributed by atoms with Crippen molar-refractivity contribution in [2.24, 2.45) is 0 Å². The third-order valence-electron chi connectivity index (χ3n) is 2.94. The van der Waals surface area contributed by atoms with Crippen LogP contribution in [0.5, 0.6) is 0 Å². The van der Waals surface area contributed by atoms with E-state index in [1.54, 1.807) is 0 Å². The third kappa shape index (κ3) is 3.61. The average molecular weight is 258 g/mol. The summed E-state index contributed by atoms with van der Waals surface area (Å²) in [5, 5.41) is 11.2. The van der Waals surface area contributed by atoms with Gasteiger partial charge in [0.15, 0.2) is 0 Å². The zero-order chi connectivity index (χ0) is 13.7. The van der Waals surface area contributed by atoms with Crippen LogP contribution in [0.3, 0.4) is 0 Å². The Labute approximate surface area is 105 Å². The predicted molar refractivity (Wildman–Crippen MR) is 62.0 cm³/mol. The second-order valence-corrected chi connectivity index (χ2v) is 4.28. The third-order valence-corrected chi connectivity index (χ3v) is 2.94.